The van der Waals surface area contributed by atoms with E-state index in [9.17, 15) is 4.79 Å². The van der Waals surface area contributed by atoms with Crippen molar-refractivity contribution in [3.05, 3.63) is 60.9 Å². The maximum absolute atomic E-state index is 11.1. The highest BCUT2D eigenvalue weighted by molar-refractivity contribution is 5.88. The molecule has 3 aromatic rings. The number of carbonyl (C=O) groups is 1. The molecule has 0 aliphatic carbocycles. The SMILES string of the molecule is CC(=O)Nc1ccc(-c2cc(Nc3cccc(N(C)C)c3)ncn2)cc1. The summed E-state index contributed by atoms with van der Waals surface area (Å²) >= 11 is 0. The van der Waals surface area contributed by atoms with Gasteiger partial charge in [-0.25, -0.2) is 9.97 Å². The number of benzene rings is 2. The van der Waals surface area contributed by atoms with Crippen LogP contribution in [-0.4, -0.2) is 30.0 Å². The molecular weight excluding hydrogens is 326 g/mol. The van der Waals surface area contributed by atoms with Crippen molar-refractivity contribution in [3.8, 4) is 11.3 Å². The van der Waals surface area contributed by atoms with Gasteiger partial charge >= 0.3 is 0 Å². The monoisotopic (exact) mass is 347 g/mol. The predicted octanol–water partition coefficient (Wildman–Crippen LogP) is 3.91. The average molecular weight is 347 g/mol. The molecule has 1 heterocycles. The minimum absolute atomic E-state index is 0.0915. The van der Waals surface area contributed by atoms with Crippen LogP contribution < -0.4 is 15.5 Å². The lowest BCUT2D eigenvalue weighted by atomic mass is 10.1. The van der Waals surface area contributed by atoms with Crippen LogP contribution in [0.15, 0.2) is 60.9 Å². The minimum atomic E-state index is -0.0915. The molecule has 0 spiro atoms. The largest absolute Gasteiger partial charge is 0.378 e. The van der Waals surface area contributed by atoms with Crippen molar-refractivity contribution >= 4 is 28.8 Å². The number of anilines is 4. The summed E-state index contributed by atoms with van der Waals surface area (Å²) in [6.45, 7) is 1.49. The zero-order valence-corrected chi connectivity index (χ0v) is 15.0. The molecule has 0 aliphatic heterocycles. The molecule has 1 amide bonds. The third-order valence-electron chi connectivity index (χ3n) is 3.80. The van der Waals surface area contributed by atoms with E-state index >= 15 is 0 Å². The second kappa shape index (κ2) is 7.65. The van der Waals surface area contributed by atoms with E-state index < -0.39 is 0 Å². The van der Waals surface area contributed by atoms with E-state index in [1.54, 1.807) is 0 Å². The first-order valence-corrected chi connectivity index (χ1v) is 8.26. The topological polar surface area (TPSA) is 70.2 Å². The maximum Gasteiger partial charge on any atom is 0.221 e. The van der Waals surface area contributed by atoms with Crippen LogP contribution in [0.4, 0.5) is 22.9 Å². The smallest absolute Gasteiger partial charge is 0.221 e. The number of hydrogen-bond donors (Lipinski definition) is 2. The molecule has 0 atom stereocenters. The summed E-state index contributed by atoms with van der Waals surface area (Å²) in [5, 5.41) is 6.07. The van der Waals surface area contributed by atoms with Crippen molar-refractivity contribution in [1.82, 2.24) is 9.97 Å². The summed E-state index contributed by atoms with van der Waals surface area (Å²) in [7, 11) is 4.01. The standard InChI is InChI=1S/C20H21N5O/c1-14(26)23-16-9-7-15(8-10-16)19-12-20(22-13-21-19)24-17-5-4-6-18(11-17)25(2)3/h4-13H,1-3H3,(H,23,26)(H,21,22,24). The van der Waals surface area contributed by atoms with Crippen molar-refractivity contribution < 1.29 is 4.79 Å². The number of rotatable bonds is 5. The zero-order valence-electron chi connectivity index (χ0n) is 15.0. The highest BCUT2D eigenvalue weighted by atomic mass is 16.1. The second-order valence-corrected chi connectivity index (χ2v) is 6.12. The van der Waals surface area contributed by atoms with Crippen LogP contribution in [0, 0.1) is 0 Å². The first-order chi connectivity index (χ1) is 12.5. The van der Waals surface area contributed by atoms with Crippen LogP contribution in [0.1, 0.15) is 6.92 Å². The molecule has 0 fully saturated rings. The Hall–Kier alpha value is -3.41. The average Bonchev–Trinajstić information content (AvgIpc) is 2.62. The van der Waals surface area contributed by atoms with E-state index in [2.05, 4.69) is 26.7 Å². The Labute approximate surface area is 152 Å². The Kier molecular flexibility index (Phi) is 5.12. The van der Waals surface area contributed by atoms with Crippen molar-refractivity contribution in [2.45, 2.75) is 6.92 Å². The molecule has 2 N–H and O–H groups in total. The molecule has 0 radical (unpaired) electrons. The van der Waals surface area contributed by atoms with Crippen LogP contribution >= 0.6 is 0 Å². The van der Waals surface area contributed by atoms with E-state index in [4.69, 9.17) is 0 Å². The fourth-order valence-corrected chi connectivity index (χ4v) is 2.52. The summed E-state index contributed by atoms with van der Waals surface area (Å²) in [5.74, 6) is 0.628. The van der Waals surface area contributed by atoms with Crippen LogP contribution in [0.5, 0.6) is 0 Å². The number of hydrogen-bond acceptors (Lipinski definition) is 5. The normalized spacial score (nSPS) is 10.3. The molecule has 0 saturated heterocycles. The fourth-order valence-electron chi connectivity index (χ4n) is 2.52. The molecule has 0 bridgehead atoms. The first-order valence-electron chi connectivity index (χ1n) is 8.26. The van der Waals surface area contributed by atoms with Gasteiger partial charge in [-0.15, -0.1) is 0 Å². The molecule has 3 rings (SSSR count). The minimum Gasteiger partial charge on any atom is -0.378 e. The summed E-state index contributed by atoms with van der Waals surface area (Å²) in [6.07, 6.45) is 1.54. The molecule has 2 aromatic carbocycles. The second-order valence-electron chi connectivity index (χ2n) is 6.12. The lowest BCUT2D eigenvalue weighted by molar-refractivity contribution is -0.114. The molecule has 6 heteroatoms. The molecular formula is C20H21N5O. The van der Waals surface area contributed by atoms with Crippen molar-refractivity contribution in [2.24, 2.45) is 0 Å². The summed E-state index contributed by atoms with van der Waals surface area (Å²) < 4.78 is 0. The number of aromatic nitrogens is 2. The van der Waals surface area contributed by atoms with Crippen molar-refractivity contribution in [2.75, 3.05) is 29.6 Å². The third-order valence-corrected chi connectivity index (χ3v) is 3.80. The number of carbonyl (C=O) groups excluding carboxylic acids is 1. The van der Waals surface area contributed by atoms with Crippen LogP contribution in [0.25, 0.3) is 11.3 Å². The van der Waals surface area contributed by atoms with Gasteiger partial charge in [0.05, 0.1) is 5.69 Å². The van der Waals surface area contributed by atoms with E-state index in [1.165, 1.54) is 13.3 Å². The highest BCUT2D eigenvalue weighted by Crippen LogP contribution is 2.24. The van der Waals surface area contributed by atoms with E-state index in [0.29, 0.717) is 0 Å². The van der Waals surface area contributed by atoms with Gasteiger partial charge in [0.2, 0.25) is 5.91 Å². The maximum atomic E-state index is 11.1. The molecule has 0 saturated carbocycles. The molecule has 0 unspecified atom stereocenters. The third kappa shape index (κ3) is 4.36. The summed E-state index contributed by atoms with van der Waals surface area (Å²) in [5.41, 5.74) is 4.58. The lowest BCUT2D eigenvalue weighted by Crippen LogP contribution is -2.08. The first kappa shape index (κ1) is 17.4. The highest BCUT2D eigenvalue weighted by Gasteiger charge is 2.04. The van der Waals surface area contributed by atoms with Gasteiger partial charge < -0.3 is 15.5 Å². The van der Waals surface area contributed by atoms with Gasteiger partial charge in [-0.2, -0.15) is 0 Å². The van der Waals surface area contributed by atoms with E-state index in [0.717, 1.165) is 34.1 Å². The Morgan fingerprint density at radius 2 is 1.73 bits per heavy atom. The summed E-state index contributed by atoms with van der Waals surface area (Å²) in [6, 6.07) is 17.6. The van der Waals surface area contributed by atoms with Gasteiger partial charge in [-0.05, 0) is 30.3 Å². The van der Waals surface area contributed by atoms with E-state index in [1.807, 2.05) is 67.5 Å². The van der Waals surface area contributed by atoms with Gasteiger partial charge in [0.15, 0.2) is 0 Å². The van der Waals surface area contributed by atoms with Crippen LogP contribution in [-0.2, 0) is 4.79 Å². The lowest BCUT2D eigenvalue weighted by Gasteiger charge is -2.14. The summed E-state index contributed by atoms with van der Waals surface area (Å²) in [4.78, 5) is 21.8. The zero-order chi connectivity index (χ0) is 18.5. The Bertz CT molecular complexity index is 906. The Morgan fingerprint density at radius 3 is 2.42 bits per heavy atom. The van der Waals surface area contributed by atoms with Gasteiger partial charge in [0.1, 0.15) is 12.1 Å². The number of nitrogens with one attached hydrogen (secondary N) is 2. The molecule has 6 nitrogen and oxygen atoms in total. The van der Waals surface area contributed by atoms with Gasteiger partial charge in [0.25, 0.3) is 0 Å². The molecule has 1 aromatic heterocycles. The van der Waals surface area contributed by atoms with Crippen molar-refractivity contribution in [1.29, 1.82) is 0 Å². The number of amides is 1. The Balaban J connectivity index is 1.80. The van der Waals surface area contributed by atoms with Crippen LogP contribution in [0.2, 0.25) is 0 Å². The van der Waals surface area contributed by atoms with Gasteiger partial charge in [-0.3, -0.25) is 4.79 Å². The quantitative estimate of drug-likeness (QED) is 0.732. The fraction of sp³-hybridized carbons (Fsp3) is 0.150. The number of nitrogens with zero attached hydrogens (tertiary/aromatic N) is 3. The van der Waals surface area contributed by atoms with Gasteiger partial charge in [-0.1, -0.05) is 18.2 Å². The van der Waals surface area contributed by atoms with Crippen molar-refractivity contribution in [3.63, 3.8) is 0 Å². The Morgan fingerprint density at radius 1 is 0.962 bits per heavy atom. The molecule has 132 valence electrons. The van der Waals surface area contributed by atoms with Crippen LogP contribution in [0.3, 0.4) is 0 Å². The van der Waals surface area contributed by atoms with E-state index in [-0.39, 0.29) is 5.91 Å². The molecule has 0 aliphatic rings. The molecule has 26 heavy (non-hydrogen) atoms. The predicted molar refractivity (Wildman–Crippen MR) is 106 cm³/mol. The van der Waals surface area contributed by atoms with Gasteiger partial charge in [0, 0.05) is 49.7 Å².